The van der Waals surface area contributed by atoms with E-state index in [0.717, 1.165) is 18.8 Å². The van der Waals surface area contributed by atoms with Crippen LogP contribution in [0.4, 0.5) is 10.3 Å². The Balaban J connectivity index is 1.57. The molecule has 2 aromatic heterocycles. The SMILES string of the molecule is Fc1cc2cnc(N3CC(c4cnccn4)C3)nc2cc1Cl. The van der Waals surface area contributed by atoms with Gasteiger partial charge in [-0.05, 0) is 12.1 Å². The number of rotatable bonds is 2. The zero-order valence-corrected chi connectivity index (χ0v) is 12.2. The average molecular weight is 316 g/mol. The Morgan fingerprint density at radius 2 is 2.00 bits per heavy atom. The zero-order valence-electron chi connectivity index (χ0n) is 11.4. The fourth-order valence-electron chi connectivity index (χ4n) is 2.52. The van der Waals surface area contributed by atoms with Gasteiger partial charge >= 0.3 is 0 Å². The summed E-state index contributed by atoms with van der Waals surface area (Å²) in [6.45, 7) is 1.58. The summed E-state index contributed by atoms with van der Waals surface area (Å²) in [6, 6.07) is 2.87. The van der Waals surface area contributed by atoms with Gasteiger partial charge in [-0.25, -0.2) is 14.4 Å². The third-order valence-electron chi connectivity index (χ3n) is 3.77. The van der Waals surface area contributed by atoms with Crippen molar-refractivity contribution in [2.24, 2.45) is 0 Å². The quantitative estimate of drug-likeness (QED) is 0.728. The number of nitrogens with zero attached hydrogens (tertiary/aromatic N) is 5. The molecule has 0 radical (unpaired) electrons. The highest BCUT2D eigenvalue weighted by Crippen LogP contribution is 2.29. The van der Waals surface area contributed by atoms with Crippen molar-refractivity contribution in [3.05, 3.63) is 53.5 Å². The number of hydrogen-bond acceptors (Lipinski definition) is 5. The predicted octanol–water partition coefficient (Wildman–Crippen LogP) is 2.82. The van der Waals surface area contributed by atoms with Crippen molar-refractivity contribution in [2.75, 3.05) is 18.0 Å². The Morgan fingerprint density at radius 1 is 1.14 bits per heavy atom. The Bertz CT molecular complexity index is 836. The summed E-state index contributed by atoms with van der Waals surface area (Å²) >= 11 is 5.81. The highest BCUT2D eigenvalue weighted by Gasteiger charge is 2.31. The molecule has 0 saturated carbocycles. The molecule has 3 aromatic rings. The first-order valence-electron chi connectivity index (χ1n) is 6.83. The molecule has 110 valence electrons. The summed E-state index contributed by atoms with van der Waals surface area (Å²) in [5.74, 6) is 0.498. The Kier molecular flexibility index (Phi) is 3.11. The normalized spacial score (nSPS) is 15.1. The van der Waals surface area contributed by atoms with Crippen LogP contribution < -0.4 is 4.90 Å². The molecule has 0 amide bonds. The van der Waals surface area contributed by atoms with Gasteiger partial charge in [0.15, 0.2) is 0 Å². The lowest BCUT2D eigenvalue weighted by Gasteiger charge is -2.38. The molecule has 0 bridgehead atoms. The van der Waals surface area contributed by atoms with Crippen LogP contribution in [-0.4, -0.2) is 33.0 Å². The average Bonchev–Trinajstić information content (AvgIpc) is 2.48. The van der Waals surface area contributed by atoms with E-state index in [1.807, 2.05) is 0 Å². The van der Waals surface area contributed by atoms with Crippen molar-refractivity contribution in [3.63, 3.8) is 0 Å². The summed E-state index contributed by atoms with van der Waals surface area (Å²) in [5.41, 5.74) is 1.61. The standard InChI is InChI=1S/C15H11ClFN5/c16-11-4-13-9(3-12(11)17)5-20-15(21-13)22-7-10(8-22)14-6-18-1-2-19-14/h1-6,10H,7-8H2. The summed E-state index contributed by atoms with van der Waals surface area (Å²) in [4.78, 5) is 19.2. The summed E-state index contributed by atoms with van der Waals surface area (Å²) < 4.78 is 13.4. The molecule has 4 rings (SSSR count). The van der Waals surface area contributed by atoms with Gasteiger partial charge in [0.1, 0.15) is 5.82 Å². The summed E-state index contributed by atoms with van der Waals surface area (Å²) in [5, 5.41) is 0.704. The molecule has 0 spiro atoms. The molecule has 0 N–H and O–H groups in total. The van der Waals surface area contributed by atoms with Crippen LogP contribution >= 0.6 is 11.6 Å². The lowest BCUT2D eigenvalue weighted by atomic mass is 9.97. The molecule has 1 aromatic carbocycles. The molecular formula is C15H11ClFN5. The number of halogens is 2. The van der Waals surface area contributed by atoms with Gasteiger partial charge in [-0.1, -0.05) is 11.6 Å². The van der Waals surface area contributed by atoms with Crippen LogP contribution in [0.2, 0.25) is 5.02 Å². The fourth-order valence-corrected chi connectivity index (χ4v) is 2.68. The monoisotopic (exact) mass is 315 g/mol. The molecular weight excluding hydrogens is 305 g/mol. The molecule has 5 nitrogen and oxygen atoms in total. The van der Waals surface area contributed by atoms with Crippen LogP contribution in [0, 0.1) is 5.82 Å². The van der Waals surface area contributed by atoms with Crippen molar-refractivity contribution < 1.29 is 4.39 Å². The maximum atomic E-state index is 13.4. The van der Waals surface area contributed by atoms with E-state index in [-0.39, 0.29) is 5.02 Å². The van der Waals surface area contributed by atoms with Crippen LogP contribution in [-0.2, 0) is 0 Å². The van der Waals surface area contributed by atoms with Crippen molar-refractivity contribution in [1.82, 2.24) is 19.9 Å². The summed E-state index contributed by atoms with van der Waals surface area (Å²) in [6.07, 6.45) is 6.76. The lowest BCUT2D eigenvalue weighted by molar-refractivity contribution is 0.502. The Morgan fingerprint density at radius 3 is 2.77 bits per heavy atom. The first-order chi connectivity index (χ1) is 10.7. The lowest BCUT2D eigenvalue weighted by Crippen LogP contribution is -2.46. The van der Waals surface area contributed by atoms with Gasteiger partial charge in [0.2, 0.25) is 5.95 Å². The minimum atomic E-state index is -0.461. The first kappa shape index (κ1) is 13.3. The van der Waals surface area contributed by atoms with Gasteiger partial charge < -0.3 is 4.90 Å². The minimum Gasteiger partial charge on any atom is -0.339 e. The van der Waals surface area contributed by atoms with E-state index >= 15 is 0 Å². The molecule has 0 unspecified atom stereocenters. The maximum Gasteiger partial charge on any atom is 0.225 e. The van der Waals surface area contributed by atoms with Crippen LogP contribution in [0.25, 0.3) is 10.9 Å². The van der Waals surface area contributed by atoms with Crippen LogP contribution in [0.15, 0.2) is 36.9 Å². The molecule has 22 heavy (non-hydrogen) atoms. The van der Waals surface area contributed by atoms with E-state index in [1.165, 1.54) is 12.1 Å². The predicted molar refractivity (Wildman–Crippen MR) is 81.5 cm³/mol. The maximum absolute atomic E-state index is 13.4. The zero-order chi connectivity index (χ0) is 15.1. The highest BCUT2D eigenvalue weighted by molar-refractivity contribution is 6.31. The smallest absolute Gasteiger partial charge is 0.225 e. The van der Waals surface area contributed by atoms with Gasteiger partial charge in [-0.2, -0.15) is 0 Å². The van der Waals surface area contributed by atoms with E-state index < -0.39 is 5.82 Å². The van der Waals surface area contributed by atoms with Gasteiger partial charge in [0, 0.05) is 49.2 Å². The second-order valence-corrected chi connectivity index (χ2v) is 5.63. The molecule has 1 fully saturated rings. The minimum absolute atomic E-state index is 0.0678. The number of hydrogen-bond donors (Lipinski definition) is 0. The van der Waals surface area contributed by atoms with E-state index in [9.17, 15) is 4.39 Å². The van der Waals surface area contributed by atoms with Gasteiger partial charge in [0.05, 0.1) is 16.2 Å². The van der Waals surface area contributed by atoms with Crippen molar-refractivity contribution in [3.8, 4) is 0 Å². The topological polar surface area (TPSA) is 54.8 Å². The Labute approximate surface area is 130 Å². The number of anilines is 1. The second-order valence-electron chi connectivity index (χ2n) is 5.23. The van der Waals surface area contributed by atoms with Gasteiger partial charge in [0.25, 0.3) is 0 Å². The number of fused-ring (bicyclic) bond motifs is 1. The number of benzene rings is 1. The van der Waals surface area contributed by atoms with Crippen LogP contribution in [0.1, 0.15) is 11.6 Å². The number of aromatic nitrogens is 4. The third kappa shape index (κ3) is 2.25. The van der Waals surface area contributed by atoms with Crippen LogP contribution in [0.3, 0.4) is 0 Å². The highest BCUT2D eigenvalue weighted by atomic mass is 35.5. The van der Waals surface area contributed by atoms with Gasteiger partial charge in [-0.3, -0.25) is 9.97 Å². The molecule has 0 aliphatic carbocycles. The molecule has 0 atom stereocenters. The van der Waals surface area contributed by atoms with E-state index in [0.29, 0.717) is 22.8 Å². The van der Waals surface area contributed by atoms with E-state index in [1.54, 1.807) is 24.8 Å². The van der Waals surface area contributed by atoms with Gasteiger partial charge in [-0.15, -0.1) is 0 Å². The molecule has 1 saturated heterocycles. The van der Waals surface area contributed by atoms with E-state index in [2.05, 4.69) is 24.8 Å². The van der Waals surface area contributed by atoms with E-state index in [4.69, 9.17) is 11.6 Å². The third-order valence-corrected chi connectivity index (χ3v) is 4.06. The second kappa shape index (κ2) is 5.14. The van der Waals surface area contributed by atoms with Crippen molar-refractivity contribution >= 4 is 28.5 Å². The molecule has 1 aliphatic heterocycles. The van der Waals surface area contributed by atoms with Crippen molar-refractivity contribution in [1.29, 1.82) is 0 Å². The molecule has 7 heteroatoms. The molecule has 3 heterocycles. The van der Waals surface area contributed by atoms with Crippen LogP contribution in [0.5, 0.6) is 0 Å². The summed E-state index contributed by atoms with van der Waals surface area (Å²) in [7, 11) is 0. The largest absolute Gasteiger partial charge is 0.339 e. The molecule has 1 aliphatic rings. The first-order valence-corrected chi connectivity index (χ1v) is 7.21. The Hall–Kier alpha value is -2.34. The fraction of sp³-hybridized carbons (Fsp3) is 0.200. The van der Waals surface area contributed by atoms with Crippen molar-refractivity contribution in [2.45, 2.75) is 5.92 Å².